The number of aromatic nitrogens is 4. The van der Waals surface area contributed by atoms with Crippen LogP contribution in [-0.2, 0) is 0 Å². The second-order valence-electron chi connectivity index (χ2n) is 13.9. The molecule has 4 heterocycles. The van der Waals surface area contributed by atoms with E-state index in [0.717, 1.165) is 32.3 Å². The number of nitrogens with zero attached hydrogens (tertiary/aromatic N) is 4. The molecule has 0 radical (unpaired) electrons. The summed E-state index contributed by atoms with van der Waals surface area (Å²) < 4.78 is 64.4. The number of thiophene rings is 1. The monoisotopic (exact) mass is 752 g/mol. The molecule has 0 aliphatic rings. The van der Waals surface area contributed by atoms with E-state index >= 15 is 0 Å². The summed E-state index contributed by atoms with van der Waals surface area (Å²) in [6.45, 7) is 0. The van der Waals surface area contributed by atoms with Crippen LogP contribution in [0, 0.1) is 0 Å². The summed E-state index contributed by atoms with van der Waals surface area (Å²) in [5.74, 6) is 1.34. The molecule has 0 bridgehead atoms. The van der Waals surface area contributed by atoms with Crippen LogP contribution in [0.4, 0.5) is 0 Å². The number of hydrogen-bond donors (Lipinski definition) is 0. The summed E-state index contributed by atoms with van der Waals surface area (Å²) in [5, 5.41) is 3.88. The van der Waals surface area contributed by atoms with Crippen LogP contribution in [0.3, 0.4) is 0 Å². The molecule has 0 atom stereocenters. The zero-order valence-electron chi connectivity index (χ0n) is 36.0. The average Bonchev–Trinajstić information content (AvgIpc) is 4.01. The predicted molar refractivity (Wildman–Crippen MR) is 236 cm³/mol. The Morgan fingerprint density at radius 1 is 0.474 bits per heavy atom. The van der Waals surface area contributed by atoms with Gasteiger partial charge in [-0.05, 0) is 53.5 Å². The third-order valence-corrected chi connectivity index (χ3v) is 11.8. The van der Waals surface area contributed by atoms with E-state index in [4.69, 9.17) is 24.9 Å². The van der Waals surface area contributed by atoms with Gasteiger partial charge in [-0.25, -0.2) is 15.0 Å². The molecular weight excluding hydrogens is 717 g/mol. The molecule has 4 aromatic heterocycles. The predicted octanol–water partition coefficient (Wildman–Crippen LogP) is 13.9. The Labute approximate surface area is 339 Å². The second-order valence-corrected chi connectivity index (χ2v) is 14.9. The van der Waals surface area contributed by atoms with Gasteiger partial charge in [-0.15, -0.1) is 11.3 Å². The van der Waals surface area contributed by atoms with Crippen molar-refractivity contribution >= 4 is 75.3 Å². The summed E-state index contributed by atoms with van der Waals surface area (Å²) in [6, 6.07) is 46.3. The summed E-state index contributed by atoms with van der Waals surface area (Å²) in [4.78, 5) is 15.4. The number of fused-ring (bicyclic) bond motifs is 10. The van der Waals surface area contributed by atoms with Crippen molar-refractivity contribution in [3.05, 3.63) is 182 Å². The number of hydrogen-bond acceptors (Lipinski definition) is 5. The molecule has 0 aliphatic carbocycles. The maximum atomic E-state index is 9.47. The second kappa shape index (κ2) is 12.6. The topological polar surface area (TPSA) is 56.7 Å². The fraction of sp³-hybridized carbons (Fsp3) is 0. The molecule has 0 aliphatic heterocycles. The van der Waals surface area contributed by atoms with E-state index in [1.165, 1.54) is 22.2 Å². The van der Waals surface area contributed by atoms with E-state index in [1.807, 2.05) is 77.4 Å². The van der Waals surface area contributed by atoms with Gasteiger partial charge in [-0.3, -0.25) is 0 Å². The van der Waals surface area contributed by atoms with Crippen molar-refractivity contribution in [3.8, 4) is 51.0 Å². The lowest BCUT2D eigenvalue weighted by Gasteiger charge is -2.16. The van der Waals surface area contributed by atoms with Gasteiger partial charge >= 0.3 is 0 Å². The van der Waals surface area contributed by atoms with Crippen molar-refractivity contribution in [2.24, 2.45) is 0 Å². The number of rotatable bonds is 5. The average molecular weight is 753 g/mol. The van der Waals surface area contributed by atoms with Gasteiger partial charge in [0.05, 0.1) is 24.9 Å². The molecule has 266 valence electrons. The van der Waals surface area contributed by atoms with Crippen molar-refractivity contribution in [1.29, 1.82) is 0 Å². The largest absolute Gasteiger partial charge is 0.456 e. The lowest BCUT2D eigenvalue weighted by atomic mass is 9.99. The molecule has 0 saturated heterocycles. The molecule has 0 amide bonds. The maximum Gasteiger partial charge on any atom is 0.166 e. The van der Waals surface area contributed by atoms with Gasteiger partial charge in [0, 0.05) is 58.4 Å². The van der Waals surface area contributed by atoms with Crippen LogP contribution >= 0.6 is 11.3 Å². The van der Waals surface area contributed by atoms with E-state index < -0.39 is 0 Å². The van der Waals surface area contributed by atoms with Crippen molar-refractivity contribution in [2.45, 2.75) is 0 Å². The minimum absolute atomic E-state index is 0.0206. The standard InChI is InChI=1S/C51H30N4OS/c1-3-14-31(15-4-1)49-52-50(32-16-5-2-6-17-32)54-51(53-49)39-30-33(34-21-13-22-36-35-18-9-12-25-45(35)57-48(34)36)26-27-41(39)55-40-23-10-7-19-37(40)46-42(55)28-29-44-47(46)38-20-8-11-24-43(38)56-44/h1-30H/i7D,8D,19D,20D,23D,24D. The molecule has 57 heavy (non-hydrogen) atoms. The van der Waals surface area contributed by atoms with Gasteiger partial charge in [0.1, 0.15) is 11.2 Å². The Bertz CT molecular complexity index is 3830. The van der Waals surface area contributed by atoms with Gasteiger partial charge in [0.15, 0.2) is 17.5 Å². The Kier molecular flexibility index (Phi) is 5.82. The molecule has 12 aromatic rings. The van der Waals surface area contributed by atoms with Crippen molar-refractivity contribution < 1.29 is 12.6 Å². The van der Waals surface area contributed by atoms with Crippen LogP contribution < -0.4 is 0 Å². The molecular formula is C51H30N4OS. The highest BCUT2D eigenvalue weighted by molar-refractivity contribution is 7.26. The molecule has 12 rings (SSSR count). The maximum absolute atomic E-state index is 9.47. The van der Waals surface area contributed by atoms with Gasteiger partial charge in [0.2, 0.25) is 0 Å². The Balaban J connectivity index is 1.24. The van der Waals surface area contributed by atoms with Crippen molar-refractivity contribution in [1.82, 2.24) is 19.5 Å². The van der Waals surface area contributed by atoms with Gasteiger partial charge in [-0.1, -0.05) is 139 Å². The normalized spacial score (nSPS) is 13.3. The van der Waals surface area contributed by atoms with Crippen LogP contribution in [-0.4, -0.2) is 19.5 Å². The third kappa shape index (κ3) is 4.98. The van der Waals surface area contributed by atoms with Crippen LogP contribution in [0.5, 0.6) is 0 Å². The number of benzene rings is 8. The molecule has 8 aromatic carbocycles. The summed E-state index contributed by atoms with van der Waals surface area (Å²) in [7, 11) is 0. The summed E-state index contributed by atoms with van der Waals surface area (Å²) in [5.41, 5.74) is 6.28. The highest BCUT2D eigenvalue weighted by Gasteiger charge is 2.23. The molecule has 0 unspecified atom stereocenters. The Morgan fingerprint density at radius 3 is 1.98 bits per heavy atom. The summed E-state index contributed by atoms with van der Waals surface area (Å²) in [6.07, 6.45) is 0. The van der Waals surface area contributed by atoms with Gasteiger partial charge in [0.25, 0.3) is 0 Å². The minimum atomic E-state index is -0.130. The SMILES string of the molecule is [2H]c1cc([2H])c2oc3ccc4c(c5c([2H])c([2H])cc([2H])c5n4-c4ccc(-c5cccc6c5sc5ccccc56)cc4-c4nc(-c5ccccc5)nc(-c5ccccc5)n4)c3c2c1[2H]. The lowest BCUT2D eigenvalue weighted by molar-refractivity contribution is 0.669. The van der Waals surface area contributed by atoms with E-state index in [1.54, 1.807) is 17.4 Å². The molecule has 0 saturated carbocycles. The number of para-hydroxylation sites is 2. The molecule has 0 fully saturated rings. The van der Waals surface area contributed by atoms with E-state index in [9.17, 15) is 2.74 Å². The Hall–Kier alpha value is -7.41. The zero-order chi connectivity index (χ0) is 42.7. The van der Waals surface area contributed by atoms with Gasteiger partial charge in [-0.2, -0.15) is 0 Å². The van der Waals surface area contributed by atoms with Crippen LogP contribution in [0.2, 0.25) is 0 Å². The summed E-state index contributed by atoms with van der Waals surface area (Å²) >= 11 is 1.74. The van der Waals surface area contributed by atoms with E-state index in [0.29, 0.717) is 61.5 Å². The van der Waals surface area contributed by atoms with Crippen molar-refractivity contribution in [2.75, 3.05) is 0 Å². The molecule has 0 spiro atoms. The van der Waals surface area contributed by atoms with Crippen LogP contribution in [0.25, 0.3) is 115 Å². The first-order chi connectivity index (χ1) is 30.7. The highest BCUT2D eigenvalue weighted by atomic mass is 32.1. The first kappa shape index (κ1) is 26.4. The van der Waals surface area contributed by atoms with E-state index in [2.05, 4.69) is 54.6 Å². The molecule has 5 nitrogen and oxygen atoms in total. The minimum Gasteiger partial charge on any atom is -0.456 e. The smallest absolute Gasteiger partial charge is 0.166 e. The van der Waals surface area contributed by atoms with Crippen LogP contribution in [0.1, 0.15) is 8.22 Å². The molecule has 0 N–H and O–H groups in total. The Morgan fingerprint density at radius 2 is 1.18 bits per heavy atom. The number of furan rings is 1. The van der Waals surface area contributed by atoms with Crippen molar-refractivity contribution in [3.63, 3.8) is 0 Å². The quantitative estimate of drug-likeness (QED) is 0.176. The van der Waals surface area contributed by atoms with E-state index in [-0.39, 0.29) is 47.2 Å². The first-order valence-corrected chi connectivity index (χ1v) is 19.3. The third-order valence-electron chi connectivity index (χ3n) is 10.6. The van der Waals surface area contributed by atoms with Gasteiger partial charge < -0.3 is 8.98 Å². The zero-order valence-corrected chi connectivity index (χ0v) is 30.8. The molecule has 6 heteroatoms. The fourth-order valence-corrected chi connectivity index (χ4v) is 9.34. The first-order valence-electron chi connectivity index (χ1n) is 21.5. The fourth-order valence-electron chi connectivity index (χ4n) is 8.10. The lowest BCUT2D eigenvalue weighted by Crippen LogP contribution is -2.04. The van der Waals surface area contributed by atoms with Crippen LogP contribution in [0.15, 0.2) is 186 Å². The highest BCUT2D eigenvalue weighted by Crippen LogP contribution is 2.45.